The number of aromatic nitrogens is 2. The predicted molar refractivity (Wildman–Crippen MR) is 70.8 cm³/mol. The van der Waals surface area contributed by atoms with E-state index in [1.807, 2.05) is 16.9 Å². The van der Waals surface area contributed by atoms with Crippen molar-refractivity contribution >= 4 is 10.9 Å². The van der Waals surface area contributed by atoms with Crippen LogP contribution in [0.3, 0.4) is 0 Å². The molecular weight excluding hydrogens is 208 g/mol. The minimum Gasteiger partial charge on any atom is -0.265 e. The maximum absolute atomic E-state index is 4.37. The quantitative estimate of drug-likeness (QED) is 0.646. The van der Waals surface area contributed by atoms with E-state index in [-0.39, 0.29) is 0 Å². The fourth-order valence-electron chi connectivity index (χ4n) is 2.15. The number of hydrogen-bond acceptors (Lipinski definition) is 1. The van der Waals surface area contributed by atoms with Crippen LogP contribution < -0.4 is 0 Å². The van der Waals surface area contributed by atoms with Gasteiger partial charge in [-0.15, -0.1) is 0 Å². The first-order chi connectivity index (χ1) is 8.38. The lowest BCUT2D eigenvalue weighted by atomic mass is 10.0. The number of rotatable bonds is 2. The second kappa shape index (κ2) is 4.06. The smallest absolute Gasteiger partial charge is 0.0682 e. The van der Waals surface area contributed by atoms with Gasteiger partial charge >= 0.3 is 0 Å². The van der Waals surface area contributed by atoms with E-state index in [1.165, 1.54) is 22.0 Å². The van der Waals surface area contributed by atoms with E-state index < -0.39 is 0 Å². The number of nitrogens with zero attached hydrogens (tertiary/aromatic N) is 2. The molecule has 3 rings (SSSR count). The van der Waals surface area contributed by atoms with Crippen LogP contribution in [0.5, 0.6) is 0 Å². The van der Waals surface area contributed by atoms with E-state index in [4.69, 9.17) is 0 Å². The molecule has 0 aliphatic rings. The van der Waals surface area contributed by atoms with E-state index in [2.05, 4.69) is 54.5 Å². The second-order valence-corrected chi connectivity index (χ2v) is 4.10. The minimum atomic E-state index is 0.911. The molecule has 0 saturated carbocycles. The summed E-state index contributed by atoms with van der Waals surface area (Å²) < 4.78 is 2.02. The lowest BCUT2D eigenvalue weighted by molar-refractivity contribution is 0.684. The summed E-state index contributed by atoms with van der Waals surface area (Å²) in [5, 5.41) is 5.57. The molecule has 3 aromatic rings. The minimum absolute atomic E-state index is 0.911. The molecule has 0 fully saturated rings. The molecule has 0 saturated heterocycles. The monoisotopic (exact) mass is 222 g/mol. The third-order valence-corrected chi connectivity index (χ3v) is 3.05. The summed E-state index contributed by atoms with van der Waals surface area (Å²) in [7, 11) is 0. The Morgan fingerprint density at radius 3 is 2.59 bits per heavy atom. The second-order valence-electron chi connectivity index (χ2n) is 4.10. The van der Waals surface area contributed by atoms with Crippen molar-refractivity contribution in [2.24, 2.45) is 0 Å². The summed E-state index contributed by atoms with van der Waals surface area (Å²) in [6.45, 7) is 3.02. The molecule has 1 aromatic heterocycles. The van der Waals surface area contributed by atoms with Crippen LogP contribution in [0.1, 0.15) is 6.92 Å². The van der Waals surface area contributed by atoms with Crippen LogP contribution in [0.2, 0.25) is 0 Å². The van der Waals surface area contributed by atoms with Gasteiger partial charge in [0.05, 0.1) is 11.7 Å². The van der Waals surface area contributed by atoms with E-state index in [0.29, 0.717) is 0 Å². The lowest BCUT2D eigenvalue weighted by Crippen LogP contribution is -1.94. The van der Waals surface area contributed by atoms with Gasteiger partial charge in [0.2, 0.25) is 0 Å². The maximum Gasteiger partial charge on any atom is 0.0682 e. The third kappa shape index (κ3) is 1.72. The van der Waals surface area contributed by atoms with Crippen molar-refractivity contribution in [2.45, 2.75) is 13.5 Å². The zero-order valence-electron chi connectivity index (χ0n) is 9.80. The molecule has 2 aromatic carbocycles. The Kier molecular flexibility index (Phi) is 2.41. The SMILES string of the molecule is CCn1ncc2cc(-c3ccccc3)ccc21. The van der Waals surface area contributed by atoms with Crippen molar-refractivity contribution in [3.05, 3.63) is 54.7 Å². The standard InChI is InChI=1S/C15H14N2/c1-2-17-15-9-8-13(10-14(15)11-16-17)12-6-4-3-5-7-12/h3-11H,2H2,1H3. The van der Waals surface area contributed by atoms with Crippen molar-refractivity contribution in [3.8, 4) is 11.1 Å². The van der Waals surface area contributed by atoms with Crippen LogP contribution in [0.15, 0.2) is 54.7 Å². The zero-order chi connectivity index (χ0) is 11.7. The van der Waals surface area contributed by atoms with Gasteiger partial charge in [-0.3, -0.25) is 4.68 Å². The number of hydrogen-bond donors (Lipinski definition) is 0. The van der Waals surface area contributed by atoms with Gasteiger partial charge < -0.3 is 0 Å². The van der Waals surface area contributed by atoms with Crippen molar-refractivity contribution in [1.29, 1.82) is 0 Å². The first-order valence-electron chi connectivity index (χ1n) is 5.89. The highest BCUT2D eigenvalue weighted by Crippen LogP contribution is 2.24. The Labute approximate surface area is 101 Å². The van der Waals surface area contributed by atoms with Crippen LogP contribution in [0.4, 0.5) is 0 Å². The summed E-state index contributed by atoms with van der Waals surface area (Å²) in [5.41, 5.74) is 3.69. The lowest BCUT2D eigenvalue weighted by Gasteiger charge is -2.02. The van der Waals surface area contributed by atoms with Gasteiger partial charge in [-0.2, -0.15) is 5.10 Å². The maximum atomic E-state index is 4.37. The number of fused-ring (bicyclic) bond motifs is 1. The molecule has 2 heteroatoms. The first kappa shape index (κ1) is 10.1. The highest BCUT2D eigenvalue weighted by atomic mass is 15.3. The molecule has 84 valence electrons. The molecule has 17 heavy (non-hydrogen) atoms. The molecule has 0 unspecified atom stereocenters. The first-order valence-corrected chi connectivity index (χ1v) is 5.89. The van der Waals surface area contributed by atoms with Crippen molar-refractivity contribution in [2.75, 3.05) is 0 Å². The average Bonchev–Trinajstić information content (AvgIpc) is 2.81. The van der Waals surface area contributed by atoms with Crippen LogP contribution in [0.25, 0.3) is 22.0 Å². The topological polar surface area (TPSA) is 17.8 Å². The molecule has 0 aliphatic carbocycles. The molecule has 0 bridgehead atoms. The fraction of sp³-hybridized carbons (Fsp3) is 0.133. The van der Waals surface area contributed by atoms with Gasteiger partial charge in [-0.1, -0.05) is 36.4 Å². The van der Waals surface area contributed by atoms with E-state index >= 15 is 0 Å². The number of benzene rings is 2. The molecule has 0 radical (unpaired) electrons. The molecule has 2 nitrogen and oxygen atoms in total. The Morgan fingerprint density at radius 1 is 1.00 bits per heavy atom. The van der Waals surface area contributed by atoms with Crippen LogP contribution in [-0.2, 0) is 6.54 Å². The Hall–Kier alpha value is -2.09. The summed E-state index contributed by atoms with van der Waals surface area (Å²) in [4.78, 5) is 0. The highest BCUT2D eigenvalue weighted by molar-refractivity contribution is 5.84. The van der Waals surface area contributed by atoms with Crippen molar-refractivity contribution < 1.29 is 0 Å². The summed E-state index contributed by atoms with van der Waals surface area (Å²) >= 11 is 0. The summed E-state index contributed by atoms with van der Waals surface area (Å²) in [5.74, 6) is 0. The molecule has 0 spiro atoms. The van der Waals surface area contributed by atoms with Gasteiger partial charge in [-0.05, 0) is 30.2 Å². The van der Waals surface area contributed by atoms with E-state index in [9.17, 15) is 0 Å². The van der Waals surface area contributed by atoms with Gasteiger partial charge in [0.15, 0.2) is 0 Å². The Balaban J connectivity index is 2.15. The zero-order valence-corrected chi connectivity index (χ0v) is 9.80. The largest absolute Gasteiger partial charge is 0.265 e. The molecular formula is C15H14N2. The number of aryl methyl sites for hydroxylation is 1. The molecule has 0 N–H and O–H groups in total. The van der Waals surface area contributed by atoms with E-state index in [1.54, 1.807) is 0 Å². The van der Waals surface area contributed by atoms with Crippen LogP contribution in [-0.4, -0.2) is 9.78 Å². The summed E-state index contributed by atoms with van der Waals surface area (Å²) in [6, 6.07) is 16.9. The van der Waals surface area contributed by atoms with Gasteiger partial charge in [-0.25, -0.2) is 0 Å². The van der Waals surface area contributed by atoms with Gasteiger partial charge in [0.1, 0.15) is 0 Å². The van der Waals surface area contributed by atoms with Crippen molar-refractivity contribution in [1.82, 2.24) is 9.78 Å². The van der Waals surface area contributed by atoms with Gasteiger partial charge in [0, 0.05) is 11.9 Å². The van der Waals surface area contributed by atoms with Crippen LogP contribution in [0, 0.1) is 0 Å². The summed E-state index contributed by atoms with van der Waals surface area (Å²) in [6.07, 6.45) is 1.94. The van der Waals surface area contributed by atoms with Crippen molar-refractivity contribution in [3.63, 3.8) is 0 Å². The Bertz CT molecular complexity index is 638. The molecule has 1 heterocycles. The third-order valence-electron chi connectivity index (χ3n) is 3.05. The molecule has 0 amide bonds. The van der Waals surface area contributed by atoms with Crippen LogP contribution >= 0.6 is 0 Å². The van der Waals surface area contributed by atoms with E-state index in [0.717, 1.165) is 6.54 Å². The normalized spacial score (nSPS) is 10.9. The average molecular weight is 222 g/mol. The van der Waals surface area contributed by atoms with Gasteiger partial charge in [0.25, 0.3) is 0 Å². The molecule has 0 atom stereocenters. The Morgan fingerprint density at radius 2 is 1.82 bits per heavy atom. The molecule has 0 aliphatic heterocycles. The highest BCUT2D eigenvalue weighted by Gasteiger charge is 2.03. The predicted octanol–water partition coefficient (Wildman–Crippen LogP) is 3.72. The fourth-order valence-corrected chi connectivity index (χ4v) is 2.15.